The van der Waals surface area contributed by atoms with Crippen LogP contribution in [0.25, 0.3) is 10.2 Å². The molecule has 3 aromatic rings. The summed E-state index contributed by atoms with van der Waals surface area (Å²) in [7, 11) is 1.67. The van der Waals surface area contributed by atoms with Gasteiger partial charge in [0.1, 0.15) is 16.3 Å². The first-order valence-corrected chi connectivity index (χ1v) is 9.61. The van der Waals surface area contributed by atoms with E-state index in [9.17, 15) is 9.59 Å². The van der Waals surface area contributed by atoms with E-state index in [0.717, 1.165) is 36.1 Å². The molecule has 25 heavy (non-hydrogen) atoms. The molecule has 1 aliphatic carbocycles. The van der Waals surface area contributed by atoms with Crippen molar-refractivity contribution in [3.8, 4) is 0 Å². The normalized spacial score (nSPS) is 13.9. The molecule has 0 bridgehead atoms. The first-order chi connectivity index (χ1) is 12.0. The topological polar surface area (TPSA) is 81.8 Å². The summed E-state index contributed by atoms with van der Waals surface area (Å²) in [5, 5.41) is 4.68. The van der Waals surface area contributed by atoms with Gasteiger partial charge in [0.2, 0.25) is 0 Å². The molecule has 3 aromatic heterocycles. The van der Waals surface area contributed by atoms with E-state index in [4.69, 9.17) is 0 Å². The third-order valence-electron chi connectivity index (χ3n) is 4.48. The quantitative estimate of drug-likeness (QED) is 0.688. The Bertz CT molecular complexity index is 1050. The van der Waals surface area contributed by atoms with Crippen LogP contribution >= 0.6 is 27.3 Å². The second-order valence-corrected chi connectivity index (χ2v) is 8.03. The first kappa shape index (κ1) is 16.5. The molecule has 7 nitrogen and oxygen atoms in total. The molecule has 0 radical (unpaired) electrons. The number of halogens is 1. The Hall–Kier alpha value is -2.00. The summed E-state index contributed by atoms with van der Waals surface area (Å²) in [6.07, 6.45) is 5.68. The number of nitrogens with one attached hydrogen (secondary N) is 1. The highest BCUT2D eigenvalue weighted by Gasteiger charge is 2.23. The van der Waals surface area contributed by atoms with Gasteiger partial charge in [-0.05, 0) is 54.1 Å². The van der Waals surface area contributed by atoms with Gasteiger partial charge in [0.25, 0.3) is 11.5 Å². The summed E-state index contributed by atoms with van der Waals surface area (Å²) in [5.41, 5.74) is 3.90. The van der Waals surface area contributed by atoms with Crippen LogP contribution in [0.2, 0.25) is 0 Å². The van der Waals surface area contributed by atoms with Gasteiger partial charge < -0.3 is 0 Å². The zero-order chi connectivity index (χ0) is 17.7. The number of hydrogen-bond acceptors (Lipinski definition) is 5. The van der Waals surface area contributed by atoms with E-state index in [0.29, 0.717) is 21.4 Å². The van der Waals surface area contributed by atoms with Crippen molar-refractivity contribution in [2.24, 2.45) is 7.05 Å². The highest BCUT2D eigenvalue weighted by molar-refractivity contribution is 9.10. The highest BCUT2D eigenvalue weighted by atomic mass is 79.9. The molecular weight excluding hydrogens is 406 g/mol. The third kappa shape index (κ3) is 2.62. The number of rotatable bonds is 2. The van der Waals surface area contributed by atoms with Crippen LogP contribution < -0.4 is 11.0 Å². The molecule has 9 heteroatoms. The molecule has 1 aliphatic rings. The summed E-state index contributed by atoms with van der Waals surface area (Å²) in [5.74, 6) is 0.0464. The molecule has 1 N–H and O–H groups in total. The van der Waals surface area contributed by atoms with Crippen LogP contribution in [0.5, 0.6) is 0 Å². The van der Waals surface area contributed by atoms with Gasteiger partial charge in [0.15, 0.2) is 0 Å². The van der Waals surface area contributed by atoms with E-state index in [-0.39, 0.29) is 5.56 Å². The Kier molecular flexibility index (Phi) is 3.99. The van der Waals surface area contributed by atoms with E-state index in [1.54, 1.807) is 31.5 Å². The molecule has 3 heterocycles. The van der Waals surface area contributed by atoms with Crippen molar-refractivity contribution in [3.05, 3.63) is 43.0 Å². The standard InChI is InChI=1S/C16H16BrN5O2S/c1-8-19-15-12(9-5-3-4-6-11(9)25-15)16(24)22(8)20-14(23)13-10(17)7-18-21(13)2/h7H,3-6H2,1-2H3,(H,20,23). The van der Waals surface area contributed by atoms with Crippen molar-refractivity contribution >= 4 is 43.4 Å². The molecule has 0 fully saturated rings. The van der Waals surface area contributed by atoms with E-state index in [1.165, 1.54) is 14.2 Å². The van der Waals surface area contributed by atoms with Crippen molar-refractivity contribution in [1.82, 2.24) is 19.4 Å². The molecule has 0 saturated heterocycles. The molecular formula is C16H16BrN5O2S. The second-order valence-electron chi connectivity index (χ2n) is 6.10. The molecule has 130 valence electrons. The third-order valence-corrected chi connectivity index (χ3v) is 6.25. The average Bonchev–Trinajstić information content (AvgIpc) is 3.10. The fourth-order valence-electron chi connectivity index (χ4n) is 3.26. The van der Waals surface area contributed by atoms with Crippen LogP contribution in [0.4, 0.5) is 0 Å². The average molecular weight is 422 g/mol. The van der Waals surface area contributed by atoms with Crippen molar-refractivity contribution in [1.29, 1.82) is 0 Å². The molecule has 4 rings (SSSR count). The smallest absolute Gasteiger partial charge is 0.267 e. The summed E-state index contributed by atoms with van der Waals surface area (Å²) < 4.78 is 3.27. The molecule has 0 spiro atoms. The second kappa shape index (κ2) is 6.06. The fraction of sp³-hybridized carbons (Fsp3) is 0.375. The lowest BCUT2D eigenvalue weighted by Gasteiger charge is -2.13. The van der Waals surface area contributed by atoms with Gasteiger partial charge in [-0.25, -0.2) is 9.66 Å². The van der Waals surface area contributed by atoms with Crippen LogP contribution in [-0.2, 0) is 19.9 Å². The monoisotopic (exact) mass is 421 g/mol. The predicted octanol–water partition coefficient (Wildman–Crippen LogP) is 2.53. The number of carbonyl (C=O) groups excluding carboxylic acids is 1. The number of thiophene rings is 1. The minimum absolute atomic E-state index is 0.214. The minimum atomic E-state index is -0.415. The molecule has 0 aliphatic heterocycles. The van der Waals surface area contributed by atoms with Crippen molar-refractivity contribution in [2.75, 3.05) is 5.43 Å². The van der Waals surface area contributed by atoms with Crippen LogP contribution in [0.15, 0.2) is 15.5 Å². The van der Waals surface area contributed by atoms with E-state index in [2.05, 4.69) is 31.4 Å². The van der Waals surface area contributed by atoms with Gasteiger partial charge in [-0.1, -0.05) is 0 Å². The van der Waals surface area contributed by atoms with Gasteiger partial charge in [0.05, 0.1) is 16.1 Å². The Morgan fingerprint density at radius 1 is 1.36 bits per heavy atom. The van der Waals surface area contributed by atoms with Crippen LogP contribution in [0.3, 0.4) is 0 Å². The summed E-state index contributed by atoms with van der Waals surface area (Å²) in [4.78, 5) is 32.2. The largest absolute Gasteiger partial charge is 0.289 e. The van der Waals surface area contributed by atoms with Crippen molar-refractivity contribution in [2.45, 2.75) is 32.6 Å². The summed E-state index contributed by atoms with van der Waals surface area (Å²) in [6, 6.07) is 0. The maximum atomic E-state index is 13.0. The van der Waals surface area contributed by atoms with Gasteiger partial charge in [-0.3, -0.25) is 19.7 Å². The lowest BCUT2D eigenvalue weighted by Crippen LogP contribution is -2.36. The van der Waals surface area contributed by atoms with Gasteiger partial charge in [-0.15, -0.1) is 11.3 Å². The number of fused-ring (bicyclic) bond motifs is 3. The first-order valence-electron chi connectivity index (χ1n) is 8.00. The fourth-order valence-corrected chi connectivity index (χ4v) is 5.08. The molecule has 1 amide bonds. The Balaban J connectivity index is 1.82. The highest BCUT2D eigenvalue weighted by Crippen LogP contribution is 2.33. The number of aromatic nitrogens is 4. The van der Waals surface area contributed by atoms with Crippen LogP contribution in [-0.4, -0.2) is 25.3 Å². The van der Waals surface area contributed by atoms with Gasteiger partial charge in [0, 0.05) is 11.9 Å². The Labute approximate surface area is 155 Å². The molecule has 0 aromatic carbocycles. The maximum Gasteiger partial charge on any atom is 0.289 e. The van der Waals surface area contributed by atoms with E-state index in [1.807, 2.05) is 0 Å². The molecule has 0 atom stereocenters. The number of amides is 1. The van der Waals surface area contributed by atoms with Crippen molar-refractivity contribution < 1.29 is 4.79 Å². The van der Waals surface area contributed by atoms with Crippen LogP contribution in [0.1, 0.15) is 39.6 Å². The maximum absolute atomic E-state index is 13.0. The zero-order valence-corrected chi connectivity index (χ0v) is 16.2. The predicted molar refractivity (Wildman–Crippen MR) is 99.9 cm³/mol. The zero-order valence-electron chi connectivity index (χ0n) is 13.8. The Morgan fingerprint density at radius 2 is 2.12 bits per heavy atom. The van der Waals surface area contributed by atoms with Gasteiger partial charge >= 0.3 is 0 Å². The molecule has 0 unspecified atom stereocenters. The van der Waals surface area contributed by atoms with E-state index < -0.39 is 5.91 Å². The number of hydrogen-bond donors (Lipinski definition) is 1. The summed E-state index contributed by atoms with van der Waals surface area (Å²) >= 11 is 4.91. The van der Waals surface area contributed by atoms with E-state index >= 15 is 0 Å². The SMILES string of the molecule is Cc1nc2sc3c(c2c(=O)n1NC(=O)c1c(Br)cnn1C)CCCC3. The number of carbonyl (C=O) groups is 1. The Morgan fingerprint density at radius 3 is 2.84 bits per heavy atom. The van der Waals surface area contributed by atoms with Crippen LogP contribution in [0, 0.1) is 6.92 Å². The van der Waals surface area contributed by atoms with Gasteiger partial charge in [-0.2, -0.15) is 5.10 Å². The van der Waals surface area contributed by atoms with Crippen molar-refractivity contribution in [3.63, 3.8) is 0 Å². The number of aryl methyl sites for hydroxylation is 4. The lowest BCUT2D eigenvalue weighted by molar-refractivity contribution is 0.0996. The minimum Gasteiger partial charge on any atom is -0.267 e. The summed E-state index contributed by atoms with van der Waals surface area (Å²) in [6.45, 7) is 1.72. The number of nitrogens with zero attached hydrogens (tertiary/aromatic N) is 4. The lowest BCUT2D eigenvalue weighted by atomic mass is 9.97. The molecule has 0 saturated carbocycles.